The number of anilines is 1. The number of piperazine rings is 1. The molecule has 21 heavy (non-hydrogen) atoms. The fraction of sp³-hybridized carbons (Fsp3) is 0.471. The van der Waals surface area contributed by atoms with Gasteiger partial charge in [0.15, 0.2) is 0 Å². The highest BCUT2D eigenvalue weighted by atomic mass is 16.4. The first-order valence-electron chi connectivity index (χ1n) is 7.27. The Balaban J connectivity index is 2.19. The van der Waals surface area contributed by atoms with Crippen molar-refractivity contribution >= 4 is 17.7 Å². The number of aliphatic carboxylic acids is 1. The molecule has 0 radical (unpaired) electrons. The van der Waals surface area contributed by atoms with Crippen LogP contribution >= 0.6 is 0 Å². The maximum Gasteiger partial charge on any atom is 0.328 e. The third kappa shape index (κ3) is 3.64. The van der Waals surface area contributed by atoms with E-state index in [1.165, 1.54) is 11.8 Å². The van der Waals surface area contributed by atoms with E-state index in [4.69, 9.17) is 5.11 Å². The van der Waals surface area contributed by atoms with E-state index >= 15 is 0 Å². The summed E-state index contributed by atoms with van der Waals surface area (Å²) in [5, 5.41) is 8.71. The number of rotatable bonds is 3. The van der Waals surface area contributed by atoms with Crippen LogP contribution in [0.3, 0.4) is 0 Å². The van der Waals surface area contributed by atoms with Gasteiger partial charge in [-0.2, -0.15) is 0 Å². The van der Waals surface area contributed by atoms with Gasteiger partial charge in [0, 0.05) is 36.9 Å². The van der Waals surface area contributed by atoms with Crippen LogP contribution in [-0.4, -0.2) is 48.2 Å². The maximum atomic E-state index is 10.6. The molecule has 1 N–H and O–H groups in total. The molecule has 1 aromatic carbocycles. The van der Waals surface area contributed by atoms with Gasteiger partial charge in [0.1, 0.15) is 0 Å². The van der Waals surface area contributed by atoms with Gasteiger partial charge in [-0.05, 0) is 57.2 Å². The predicted octanol–water partition coefficient (Wildman–Crippen LogP) is 2.62. The van der Waals surface area contributed by atoms with Crippen LogP contribution in [-0.2, 0) is 4.79 Å². The summed E-state index contributed by atoms with van der Waals surface area (Å²) in [5.74, 6) is -0.917. The third-order valence-electron chi connectivity index (χ3n) is 4.34. The average Bonchev–Trinajstić information content (AvgIpc) is 2.40. The lowest BCUT2D eigenvalue weighted by Crippen LogP contribution is -2.57. The first-order valence-corrected chi connectivity index (χ1v) is 7.27. The lowest BCUT2D eigenvalue weighted by Gasteiger charge is -2.46. The molecule has 1 aromatic rings. The van der Waals surface area contributed by atoms with Crippen molar-refractivity contribution in [3.63, 3.8) is 0 Å². The average molecular weight is 288 g/mol. The van der Waals surface area contributed by atoms with E-state index in [-0.39, 0.29) is 5.54 Å². The fourth-order valence-corrected chi connectivity index (χ4v) is 2.67. The molecule has 4 heteroatoms. The number of carboxylic acids is 1. The summed E-state index contributed by atoms with van der Waals surface area (Å²) in [6.45, 7) is 9.60. The number of hydrogen-bond acceptors (Lipinski definition) is 3. The number of benzene rings is 1. The summed E-state index contributed by atoms with van der Waals surface area (Å²) in [6, 6.07) is 6.22. The molecule has 4 nitrogen and oxygen atoms in total. The lowest BCUT2D eigenvalue weighted by atomic mass is 9.98. The van der Waals surface area contributed by atoms with Gasteiger partial charge in [0.25, 0.3) is 0 Å². The molecule has 0 aromatic heterocycles. The zero-order valence-corrected chi connectivity index (χ0v) is 13.3. The highest BCUT2D eigenvalue weighted by Crippen LogP contribution is 2.26. The summed E-state index contributed by atoms with van der Waals surface area (Å²) < 4.78 is 0. The van der Waals surface area contributed by atoms with Crippen molar-refractivity contribution in [1.82, 2.24) is 4.90 Å². The normalized spacial score (nSPS) is 19.1. The molecule has 0 bridgehead atoms. The van der Waals surface area contributed by atoms with E-state index in [0.29, 0.717) is 0 Å². The quantitative estimate of drug-likeness (QED) is 0.868. The molecule has 1 fully saturated rings. The Kier molecular flexibility index (Phi) is 4.37. The van der Waals surface area contributed by atoms with Crippen LogP contribution in [0.25, 0.3) is 6.08 Å². The second-order valence-corrected chi connectivity index (χ2v) is 6.37. The monoisotopic (exact) mass is 288 g/mol. The molecule has 0 atom stereocenters. The molecular formula is C17H24N2O2. The minimum absolute atomic E-state index is 0.161. The van der Waals surface area contributed by atoms with Gasteiger partial charge < -0.3 is 10.0 Å². The van der Waals surface area contributed by atoms with Crippen molar-refractivity contribution in [2.75, 3.05) is 31.6 Å². The Morgan fingerprint density at radius 1 is 1.33 bits per heavy atom. The Labute approximate surface area is 126 Å². The Hall–Kier alpha value is -1.81. The largest absolute Gasteiger partial charge is 0.478 e. The Bertz CT molecular complexity index is 564. The van der Waals surface area contributed by atoms with Crippen molar-refractivity contribution in [2.24, 2.45) is 0 Å². The maximum absolute atomic E-state index is 10.6. The van der Waals surface area contributed by atoms with Crippen LogP contribution in [0.4, 0.5) is 5.69 Å². The number of aryl methyl sites for hydroxylation is 1. The molecule has 1 heterocycles. The second kappa shape index (κ2) is 5.90. The summed E-state index contributed by atoms with van der Waals surface area (Å²) in [6.07, 6.45) is 2.83. The van der Waals surface area contributed by atoms with Crippen LogP contribution in [0.15, 0.2) is 24.3 Å². The topological polar surface area (TPSA) is 43.8 Å². The van der Waals surface area contributed by atoms with Crippen molar-refractivity contribution in [3.8, 4) is 0 Å². The molecule has 0 spiro atoms. The van der Waals surface area contributed by atoms with Crippen LogP contribution in [0.5, 0.6) is 0 Å². The first-order chi connectivity index (χ1) is 9.79. The van der Waals surface area contributed by atoms with Crippen LogP contribution in [0.1, 0.15) is 25.0 Å². The lowest BCUT2D eigenvalue weighted by molar-refractivity contribution is -0.131. The number of carboxylic acid groups (broad SMARTS) is 1. The summed E-state index contributed by atoms with van der Waals surface area (Å²) in [4.78, 5) is 15.4. The van der Waals surface area contributed by atoms with E-state index < -0.39 is 5.97 Å². The molecule has 0 aliphatic carbocycles. The molecule has 0 unspecified atom stereocenters. The van der Waals surface area contributed by atoms with E-state index in [0.717, 1.165) is 30.8 Å². The molecule has 1 saturated heterocycles. The van der Waals surface area contributed by atoms with Gasteiger partial charge in [0.2, 0.25) is 0 Å². The SMILES string of the molecule is Cc1cc(N2CCN(C)C(C)(C)C2)ccc1C=CC(=O)O. The Morgan fingerprint density at radius 2 is 2.05 bits per heavy atom. The van der Waals surface area contributed by atoms with E-state index in [2.05, 4.69) is 42.8 Å². The Morgan fingerprint density at radius 3 is 2.62 bits per heavy atom. The minimum atomic E-state index is -0.917. The molecule has 114 valence electrons. The summed E-state index contributed by atoms with van der Waals surface area (Å²) >= 11 is 0. The van der Waals surface area contributed by atoms with Crippen molar-refractivity contribution < 1.29 is 9.90 Å². The molecule has 0 saturated carbocycles. The fourth-order valence-electron chi connectivity index (χ4n) is 2.67. The highest BCUT2D eigenvalue weighted by molar-refractivity contribution is 5.85. The van der Waals surface area contributed by atoms with Gasteiger partial charge in [-0.15, -0.1) is 0 Å². The van der Waals surface area contributed by atoms with Gasteiger partial charge in [-0.3, -0.25) is 4.90 Å². The number of nitrogens with zero attached hydrogens (tertiary/aromatic N) is 2. The van der Waals surface area contributed by atoms with Crippen molar-refractivity contribution in [1.29, 1.82) is 0 Å². The first kappa shape index (κ1) is 15.6. The van der Waals surface area contributed by atoms with Gasteiger partial charge >= 0.3 is 5.97 Å². The minimum Gasteiger partial charge on any atom is -0.478 e. The van der Waals surface area contributed by atoms with Crippen LogP contribution < -0.4 is 4.90 Å². The molecule has 1 aliphatic rings. The van der Waals surface area contributed by atoms with E-state index in [1.807, 2.05) is 13.0 Å². The highest BCUT2D eigenvalue weighted by Gasteiger charge is 2.31. The summed E-state index contributed by atoms with van der Waals surface area (Å²) in [7, 11) is 2.17. The number of hydrogen-bond donors (Lipinski definition) is 1. The zero-order chi connectivity index (χ0) is 15.6. The third-order valence-corrected chi connectivity index (χ3v) is 4.34. The second-order valence-electron chi connectivity index (χ2n) is 6.37. The standard InChI is InChI=1S/C17H24N2O2/c1-13-11-15(7-5-14(13)6-8-16(20)21)19-10-9-18(4)17(2,3)12-19/h5-8,11H,9-10,12H2,1-4H3,(H,20,21). The number of likely N-dealkylation sites (N-methyl/N-ethyl adjacent to an activating group) is 1. The zero-order valence-electron chi connectivity index (χ0n) is 13.3. The van der Waals surface area contributed by atoms with Gasteiger partial charge in [0.05, 0.1) is 0 Å². The predicted molar refractivity (Wildman–Crippen MR) is 86.8 cm³/mol. The van der Waals surface area contributed by atoms with E-state index in [9.17, 15) is 4.79 Å². The number of carbonyl (C=O) groups is 1. The smallest absolute Gasteiger partial charge is 0.328 e. The van der Waals surface area contributed by atoms with Crippen molar-refractivity contribution in [3.05, 3.63) is 35.4 Å². The summed E-state index contributed by atoms with van der Waals surface area (Å²) in [5.41, 5.74) is 3.42. The van der Waals surface area contributed by atoms with Crippen molar-refractivity contribution in [2.45, 2.75) is 26.3 Å². The molecule has 1 aliphatic heterocycles. The molecule has 0 amide bonds. The van der Waals surface area contributed by atoms with Gasteiger partial charge in [-0.1, -0.05) is 6.07 Å². The molecule has 2 rings (SSSR count). The van der Waals surface area contributed by atoms with Crippen LogP contribution in [0, 0.1) is 6.92 Å². The van der Waals surface area contributed by atoms with Gasteiger partial charge in [-0.25, -0.2) is 4.79 Å². The molecular weight excluding hydrogens is 264 g/mol. The van der Waals surface area contributed by atoms with E-state index in [1.54, 1.807) is 6.08 Å². The van der Waals surface area contributed by atoms with Crippen LogP contribution in [0.2, 0.25) is 0 Å².